The number of benzene rings is 1. The molecule has 30 heavy (non-hydrogen) atoms. The summed E-state index contributed by atoms with van der Waals surface area (Å²) in [5, 5.41) is 14.6. The van der Waals surface area contributed by atoms with Gasteiger partial charge in [0.2, 0.25) is 5.65 Å². The number of carbonyl (C=O) groups excluding carboxylic acids is 1. The minimum atomic E-state index is -0.365. The number of hydrogen-bond donors (Lipinski definition) is 2. The number of nitrogens with one attached hydrogen (secondary N) is 2. The summed E-state index contributed by atoms with van der Waals surface area (Å²) in [5.41, 5.74) is 3.37. The fraction of sp³-hybridized carbons (Fsp3) is 0.524. The highest BCUT2D eigenvalue weighted by Crippen LogP contribution is 2.31. The van der Waals surface area contributed by atoms with Gasteiger partial charge in [0.1, 0.15) is 17.1 Å². The average molecular weight is 415 g/mol. The minimum Gasteiger partial charge on any atom is -0.494 e. The van der Waals surface area contributed by atoms with Crippen molar-refractivity contribution < 1.29 is 14.3 Å². The van der Waals surface area contributed by atoms with E-state index < -0.39 is 0 Å². The molecule has 0 saturated heterocycles. The van der Waals surface area contributed by atoms with E-state index in [-0.39, 0.29) is 6.09 Å². The van der Waals surface area contributed by atoms with Crippen LogP contribution in [0.2, 0.25) is 0 Å². The molecule has 1 amide bonds. The van der Waals surface area contributed by atoms with Crippen molar-refractivity contribution in [3.8, 4) is 5.75 Å². The standard InChI is InChI=1S/C21H30N6O3/c1-13(2)12-30-21(28)23-11-7-6-10-22-19-20-26-25-15(4)27(20)16-9-8-14(3)18(29-5)17(16)24-19/h8-9,13H,6-7,10-12H2,1-5H3,(H,22,24)(H,23,28). The lowest BCUT2D eigenvalue weighted by atomic mass is 10.2. The largest absolute Gasteiger partial charge is 0.494 e. The highest BCUT2D eigenvalue weighted by atomic mass is 16.5. The van der Waals surface area contributed by atoms with Gasteiger partial charge < -0.3 is 20.1 Å². The lowest BCUT2D eigenvalue weighted by Gasteiger charge is -2.13. The number of nitrogens with zero attached hydrogens (tertiary/aromatic N) is 4. The van der Waals surface area contributed by atoms with Gasteiger partial charge in [0.15, 0.2) is 5.82 Å². The summed E-state index contributed by atoms with van der Waals surface area (Å²) < 4.78 is 12.7. The van der Waals surface area contributed by atoms with Crippen LogP contribution in [0.15, 0.2) is 12.1 Å². The van der Waals surface area contributed by atoms with Crippen LogP contribution in [0.3, 0.4) is 0 Å². The number of aromatic nitrogens is 4. The normalized spacial score (nSPS) is 11.3. The van der Waals surface area contributed by atoms with Crippen molar-refractivity contribution in [3.63, 3.8) is 0 Å². The maximum atomic E-state index is 11.6. The molecule has 2 N–H and O–H groups in total. The Labute approximate surface area is 176 Å². The zero-order valence-corrected chi connectivity index (χ0v) is 18.3. The van der Waals surface area contributed by atoms with Crippen molar-refractivity contribution in [1.82, 2.24) is 24.9 Å². The van der Waals surface area contributed by atoms with E-state index in [4.69, 9.17) is 14.5 Å². The average Bonchev–Trinajstić information content (AvgIpc) is 3.11. The molecule has 2 heterocycles. The fourth-order valence-electron chi connectivity index (χ4n) is 3.23. The second-order valence-corrected chi connectivity index (χ2v) is 7.70. The first-order valence-electron chi connectivity index (χ1n) is 10.3. The van der Waals surface area contributed by atoms with Crippen LogP contribution in [-0.4, -0.2) is 52.5 Å². The molecule has 0 aliphatic heterocycles. The molecule has 0 saturated carbocycles. The summed E-state index contributed by atoms with van der Waals surface area (Å²) in [5.74, 6) is 2.52. The van der Waals surface area contributed by atoms with E-state index in [1.54, 1.807) is 7.11 Å². The van der Waals surface area contributed by atoms with E-state index in [9.17, 15) is 4.79 Å². The molecular weight excluding hydrogens is 384 g/mol. The number of carbonyl (C=O) groups is 1. The molecule has 0 fully saturated rings. The van der Waals surface area contributed by atoms with Gasteiger partial charge in [-0.15, -0.1) is 10.2 Å². The minimum absolute atomic E-state index is 0.328. The van der Waals surface area contributed by atoms with E-state index >= 15 is 0 Å². The van der Waals surface area contributed by atoms with Gasteiger partial charge >= 0.3 is 6.09 Å². The van der Waals surface area contributed by atoms with Crippen LogP contribution < -0.4 is 15.4 Å². The second kappa shape index (κ2) is 9.60. The number of unbranched alkanes of at least 4 members (excludes halogenated alkanes) is 1. The molecule has 0 bridgehead atoms. The Balaban J connectivity index is 1.65. The molecule has 0 spiro atoms. The van der Waals surface area contributed by atoms with Crippen LogP contribution in [0.4, 0.5) is 10.6 Å². The van der Waals surface area contributed by atoms with Gasteiger partial charge in [0.05, 0.1) is 19.2 Å². The third-order valence-electron chi connectivity index (χ3n) is 4.73. The van der Waals surface area contributed by atoms with Crippen LogP contribution in [0.25, 0.3) is 16.7 Å². The van der Waals surface area contributed by atoms with Crippen molar-refractivity contribution in [3.05, 3.63) is 23.5 Å². The highest BCUT2D eigenvalue weighted by Gasteiger charge is 2.16. The maximum Gasteiger partial charge on any atom is 0.407 e. The van der Waals surface area contributed by atoms with Crippen molar-refractivity contribution in [2.75, 3.05) is 32.1 Å². The molecule has 3 aromatic rings. The number of anilines is 1. The smallest absolute Gasteiger partial charge is 0.407 e. The molecule has 0 radical (unpaired) electrons. The third-order valence-corrected chi connectivity index (χ3v) is 4.73. The predicted octanol–water partition coefficient (Wildman–Crippen LogP) is 3.48. The van der Waals surface area contributed by atoms with E-state index in [0.29, 0.717) is 37.1 Å². The van der Waals surface area contributed by atoms with Gasteiger partial charge in [-0.05, 0) is 44.2 Å². The molecule has 3 rings (SSSR count). The zero-order valence-electron chi connectivity index (χ0n) is 18.3. The van der Waals surface area contributed by atoms with Crippen molar-refractivity contribution >= 4 is 28.6 Å². The maximum absolute atomic E-state index is 11.6. The van der Waals surface area contributed by atoms with Crippen LogP contribution in [0, 0.1) is 19.8 Å². The van der Waals surface area contributed by atoms with Crippen LogP contribution in [0.1, 0.15) is 38.1 Å². The van der Waals surface area contributed by atoms with E-state index in [2.05, 4.69) is 20.8 Å². The molecule has 0 unspecified atom stereocenters. The predicted molar refractivity (Wildman–Crippen MR) is 116 cm³/mol. The molecular formula is C21H30N6O3. The Morgan fingerprint density at radius 2 is 1.93 bits per heavy atom. The van der Waals surface area contributed by atoms with Crippen molar-refractivity contribution in [2.45, 2.75) is 40.5 Å². The monoisotopic (exact) mass is 414 g/mol. The van der Waals surface area contributed by atoms with E-state index in [1.807, 2.05) is 44.2 Å². The summed E-state index contributed by atoms with van der Waals surface area (Å²) >= 11 is 0. The van der Waals surface area contributed by atoms with E-state index in [0.717, 1.165) is 41.0 Å². The second-order valence-electron chi connectivity index (χ2n) is 7.70. The first kappa shape index (κ1) is 21.6. The summed E-state index contributed by atoms with van der Waals surface area (Å²) in [6.45, 7) is 9.61. The van der Waals surface area contributed by atoms with Gasteiger partial charge in [0.25, 0.3) is 0 Å². The van der Waals surface area contributed by atoms with Crippen molar-refractivity contribution in [2.24, 2.45) is 5.92 Å². The molecule has 1 aromatic carbocycles. The number of fused-ring (bicyclic) bond motifs is 3. The Morgan fingerprint density at radius 3 is 2.67 bits per heavy atom. The number of amides is 1. The molecule has 162 valence electrons. The molecule has 0 aliphatic carbocycles. The summed E-state index contributed by atoms with van der Waals surface area (Å²) in [4.78, 5) is 16.4. The number of methoxy groups -OCH3 is 1. The Morgan fingerprint density at radius 1 is 1.17 bits per heavy atom. The molecule has 0 atom stereocenters. The van der Waals surface area contributed by atoms with E-state index in [1.165, 1.54) is 0 Å². The van der Waals surface area contributed by atoms with Crippen LogP contribution in [-0.2, 0) is 4.74 Å². The zero-order chi connectivity index (χ0) is 21.7. The van der Waals surface area contributed by atoms with Gasteiger partial charge in [0, 0.05) is 13.1 Å². The summed E-state index contributed by atoms with van der Waals surface area (Å²) in [7, 11) is 1.65. The Kier molecular flexibility index (Phi) is 6.91. The van der Waals surface area contributed by atoms with Crippen molar-refractivity contribution in [1.29, 1.82) is 0 Å². The number of rotatable bonds is 9. The van der Waals surface area contributed by atoms with Gasteiger partial charge in [-0.1, -0.05) is 19.9 Å². The number of hydrogen-bond acceptors (Lipinski definition) is 7. The van der Waals surface area contributed by atoms with Crippen LogP contribution >= 0.6 is 0 Å². The molecule has 9 nitrogen and oxygen atoms in total. The Hall–Kier alpha value is -3.10. The van der Waals surface area contributed by atoms with Gasteiger partial charge in [-0.3, -0.25) is 4.40 Å². The Bertz CT molecular complexity index is 1030. The topological polar surface area (TPSA) is 103 Å². The van der Waals surface area contributed by atoms with Crippen LogP contribution in [0.5, 0.6) is 5.75 Å². The lowest BCUT2D eigenvalue weighted by Crippen LogP contribution is -2.26. The number of aryl methyl sites for hydroxylation is 2. The molecule has 9 heteroatoms. The summed E-state index contributed by atoms with van der Waals surface area (Å²) in [6, 6.07) is 4.02. The number of ether oxygens (including phenoxy) is 2. The quantitative estimate of drug-likeness (QED) is 0.517. The third kappa shape index (κ3) is 4.72. The first-order chi connectivity index (χ1) is 14.4. The lowest BCUT2D eigenvalue weighted by molar-refractivity contribution is 0.133. The number of alkyl carbamates (subject to hydrolysis) is 1. The highest BCUT2D eigenvalue weighted by molar-refractivity contribution is 5.88. The summed E-state index contributed by atoms with van der Waals surface area (Å²) in [6.07, 6.45) is 1.31. The first-order valence-corrected chi connectivity index (χ1v) is 10.3. The van der Waals surface area contributed by atoms with Gasteiger partial charge in [-0.2, -0.15) is 0 Å². The SMILES string of the molecule is COc1c(C)ccc2c1nc(NCCCCNC(=O)OCC(C)C)c1nnc(C)n12. The molecule has 0 aliphatic rings. The van der Waals surface area contributed by atoms with Gasteiger partial charge in [-0.25, -0.2) is 9.78 Å². The fourth-order valence-corrected chi connectivity index (χ4v) is 3.23. The molecule has 2 aromatic heterocycles.